The Balaban J connectivity index is 1.33. The molecule has 0 spiro atoms. The number of esters is 1. The fraction of sp³-hybridized carbons (Fsp3) is 0.571. The third-order valence-corrected chi connectivity index (χ3v) is 5.62. The van der Waals surface area contributed by atoms with Gasteiger partial charge in [-0.3, -0.25) is 29.4 Å². The molecule has 5 amide bonds. The molecule has 0 aromatic rings. The molecule has 1 heterocycles. The van der Waals surface area contributed by atoms with E-state index in [1.54, 1.807) is 0 Å². The van der Waals surface area contributed by atoms with Gasteiger partial charge in [-0.1, -0.05) is 23.8 Å². The van der Waals surface area contributed by atoms with Crippen LogP contribution < -0.4 is 10.6 Å². The minimum Gasteiger partial charge on any atom is -0.454 e. The Labute approximate surface area is 174 Å². The normalized spacial score (nSPS) is 22.9. The second-order valence-electron chi connectivity index (χ2n) is 7.74. The van der Waals surface area contributed by atoms with Crippen LogP contribution in [0.15, 0.2) is 23.8 Å². The van der Waals surface area contributed by atoms with E-state index in [1.807, 2.05) is 12.2 Å². The quantitative estimate of drug-likeness (QED) is 0.365. The van der Waals surface area contributed by atoms with E-state index in [0.29, 0.717) is 19.4 Å². The molecule has 1 aliphatic heterocycles. The van der Waals surface area contributed by atoms with Gasteiger partial charge < -0.3 is 10.1 Å². The summed E-state index contributed by atoms with van der Waals surface area (Å²) >= 11 is 0. The summed E-state index contributed by atoms with van der Waals surface area (Å²) in [6, 6.07) is -0.658. The molecule has 9 heteroatoms. The average Bonchev–Trinajstić information content (AvgIpc) is 2.98. The maximum absolute atomic E-state index is 12.3. The zero-order chi connectivity index (χ0) is 21.5. The molecule has 0 saturated carbocycles. The number of nitrogens with zero attached hydrogens (tertiary/aromatic N) is 1. The third kappa shape index (κ3) is 5.55. The molecule has 3 aliphatic rings. The number of amides is 5. The molecule has 2 N–H and O–H groups in total. The van der Waals surface area contributed by atoms with Gasteiger partial charge in [-0.05, 0) is 44.9 Å². The van der Waals surface area contributed by atoms with E-state index in [-0.39, 0.29) is 11.8 Å². The van der Waals surface area contributed by atoms with Gasteiger partial charge in [-0.25, -0.2) is 4.79 Å². The van der Waals surface area contributed by atoms with Crippen molar-refractivity contribution in [2.24, 2.45) is 11.8 Å². The smallest absolute Gasteiger partial charge is 0.326 e. The number of urea groups is 1. The van der Waals surface area contributed by atoms with Crippen molar-refractivity contribution in [3.05, 3.63) is 23.8 Å². The van der Waals surface area contributed by atoms with Crippen molar-refractivity contribution in [1.82, 2.24) is 15.5 Å². The van der Waals surface area contributed by atoms with Crippen LogP contribution in [0.3, 0.4) is 0 Å². The first kappa shape index (κ1) is 21.7. The van der Waals surface area contributed by atoms with Crippen molar-refractivity contribution in [1.29, 1.82) is 0 Å². The zero-order valence-corrected chi connectivity index (χ0v) is 16.9. The van der Waals surface area contributed by atoms with Crippen LogP contribution >= 0.6 is 0 Å². The summed E-state index contributed by atoms with van der Waals surface area (Å²) in [5, 5.41) is 4.68. The summed E-state index contributed by atoms with van der Waals surface area (Å²) in [6.45, 7) is -0.775. The lowest BCUT2D eigenvalue weighted by Gasteiger charge is -2.14. The molecule has 30 heavy (non-hydrogen) atoms. The Kier molecular flexibility index (Phi) is 7.37. The first-order valence-corrected chi connectivity index (χ1v) is 10.4. The van der Waals surface area contributed by atoms with Crippen LogP contribution in [0.4, 0.5) is 4.79 Å². The van der Waals surface area contributed by atoms with Crippen molar-refractivity contribution in [3.63, 3.8) is 0 Å². The first-order chi connectivity index (χ1) is 14.5. The summed E-state index contributed by atoms with van der Waals surface area (Å²) in [5.41, 5.74) is 1.31. The molecule has 3 rings (SSSR count). The van der Waals surface area contributed by atoms with Crippen LogP contribution in [0, 0.1) is 11.8 Å². The van der Waals surface area contributed by atoms with Crippen molar-refractivity contribution >= 4 is 29.7 Å². The minimum atomic E-state index is -0.872. The summed E-state index contributed by atoms with van der Waals surface area (Å²) in [5.74, 6) is -3.28. The molecule has 9 nitrogen and oxygen atoms in total. The largest absolute Gasteiger partial charge is 0.454 e. The average molecular weight is 417 g/mol. The Bertz CT molecular complexity index is 762. The van der Waals surface area contributed by atoms with Crippen molar-refractivity contribution in [2.45, 2.75) is 44.9 Å². The highest BCUT2D eigenvalue weighted by atomic mass is 16.5. The molecule has 0 unspecified atom stereocenters. The molecular formula is C21H27N3O6. The summed E-state index contributed by atoms with van der Waals surface area (Å²) in [7, 11) is 0. The predicted octanol–water partition coefficient (Wildman–Crippen LogP) is 1.20. The van der Waals surface area contributed by atoms with E-state index in [2.05, 4.69) is 16.7 Å². The Morgan fingerprint density at radius 1 is 1.07 bits per heavy atom. The Morgan fingerprint density at radius 2 is 1.77 bits per heavy atom. The number of nitrogens with one attached hydrogen (secondary N) is 2. The highest BCUT2D eigenvalue weighted by molar-refractivity contribution is 6.07. The van der Waals surface area contributed by atoms with E-state index in [0.717, 1.165) is 30.6 Å². The number of hydrogen-bond acceptors (Lipinski definition) is 6. The summed E-state index contributed by atoms with van der Waals surface area (Å²) in [6.07, 6.45) is 12.1. The Morgan fingerprint density at radius 3 is 2.40 bits per heavy atom. The number of fused-ring (bicyclic) bond motifs is 1. The predicted molar refractivity (Wildman–Crippen MR) is 106 cm³/mol. The molecule has 1 fully saturated rings. The number of rotatable bonds is 7. The van der Waals surface area contributed by atoms with Gasteiger partial charge in [0.1, 0.15) is 6.54 Å². The number of carbonyl (C=O) groups is 5. The zero-order valence-electron chi connectivity index (χ0n) is 16.9. The molecular weight excluding hydrogens is 390 g/mol. The molecule has 0 radical (unpaired) electrons. The first-order valence-electron chi connectivity index (χ1n) is 10.4. The number of likely N-dealkylation sites (tertiary alicyclic amines) is 1. The molecule has 2 aliphatic carbocycles. The van der Waals surface area contributed by atoms with Crippen LogP contribution in [0.5, 0.6) is 0 Å². The fourth-order valence-electron chi connectivity index (χ4n) is 4.02. The molecule has 162 valence electrons. The van der Waals surface area contributed by atoms with E-state index in [4.69, 9.17) is 4.74 Å². The SMILES string of the molecule is O=C(COC(=O)CN1C(=O)[C@H]2CC=CC[C@@H]2C1=O)NC(=O)NCCC1=CCCCC1. The van der Waals surface area contributed by atoms with Crippen LogP contribution in [-0.4, -0.2) is 54.3 Å². The monoisotopic (exact) mass is 417 g/mol. The van der Waals surface area contributed by atoms with E-state index in [9.17, 15) is 24.0 Å². The topological polar surface area (TPSA) is 122 Å². The van der Waals surface area contributed by atoms with Gasteiger partial charge in [0.2, 0.25) is 11.8 Å². The molecule has 0 aromatic heterocycles. The number of hydrogen-bond donors (Lipinski definition) is 2. The second-order valence-corrected chi connectivity index (χ2v) is 7.74. The lowest BCUT2D eigenvalue weighted by atomic mass is 9.85. The molecule has 2 atom stereocenters. The van der Waals surface area contributed by atoms with Gasteiger partial charge >= 0.3 is 12.0 Å². The van der Waals surface area contributed by atoms with E-state index in [1.165, 1.54) is 12.0 Å². The number of ether oxygens (including phenoxy) is 1. The van der Waals surface area contributed by atoms with Crippen LogP contribution in [0.1, 0.15) is 44.9 Å². The number of allylic oxidation sites excluding steroid dienone is 3. The maximum Gasteiger partial charge on any atom is 0.326 e. The van der Waals surface area contributed by atoms with Crippen molar-refractivity contribution in [2.75, 3.05) is 19.7 Å². The van der Waals surface area contributed by atoms with Crippen molar-refractivity contribution in [3.8, 4) is 0 Å². The maximum atomic E-state index is 12.3. The molecule has 1 saturated heterocycles. The lowest BCUT2D eigenvalue weighted by Crippen LogP contribution is -2.42. The van der Waals surface area contributed by atoms with Gasteiger partial charge in [-0.2, -0.15) is 0 Å². The molecule has 0 aromatic carbocycles. The van der Waals surface area contributed by atoms with Crippen LogP contribution in [0.2, 0.25) is 0 Å². The highest BCUT2D eigenvalue weighted by Gasteiger charge is 2.47. The number of carbonyl (C=O) groups excluding carboxylic acids is 5. The molecule has 0 bridgehead atoms. The number of imide groups is 2. The van der Waals surface area contributed by atoms with Crippen molar-refractivity contribution < 1.29 is 28.7 Å². The third-order valence-electron chi connectivity index (χ3n) is 5.62. The summed E-state index contributed by atoms with van der Waals surface area (Å²) in [4.78, 5) is 61.0. The van der Waals surface area contributed by atoms with Gasteiger partial charge in [0.15, 0.2) is 6.61 Å². The minimum absolute atomic E-state index is 0.386. The standard InChI is InChI=1S/C21H27N3O6/c25-17(23-21(29)22-11-10-14-6-2-1-3-7-14)13-30-18(26)12-24-19(27)15-8-4-5-9-16(15)20(24)28/h4-6,15-16H,1-3,7-13H2,(H2,22,23,25,29)/t15-,16-/m0/s1. The van der Waals surface area contributed by atoms with Crippen LogP contribution in [0.25, 0.3) is 0 Å². The van der Waals surface area contributed by atoms with Crippen LogP contribution in [-0.2, 0) is 23.9 Å². The summed E-state index contributed by atoms with van der Waals surface area (Å²) < 4.78 is 4.81. The van der Waals surface area contributed by atoms with Gasteiger partial charge in [-0.15, -0.1) is 0 Å². The lowest BCUT2D eigenvalue weighted by molar-refractivity contribution is -0.154. The second kappa shape index (κ2) is 10.2. The highest BCUT2D eigenvalue weighted by Crippen LogP contribution is 2.34. The van der Waals surface area contributed by atoms with E-state index < -0.39 is 42.9 Å². The van der Waals surface area contributed by atoms with Gasteiger partial charge in [0, 0.05) is 6.54 Å². The van der Waals surface area contributed by atoms with E-state index >= 15 is 0 Å². The fourth-order valence-corrected chi connectivity index (χ4v) is 4.02. The Hall–Kier alpha value is -2.97. The van der Waals surface area contributed by atoms with Gasteiger partial charge in [0.05, 0.1) is 11.8 Å². The van der Waals surface area contributed by atoms with Gasteiger partial charge in [0.25, 0.3) is 5.91 Å².